The molecule has 1 aliphatic heterocycles. The van der Waals surface area contributed by atoms with Gasteiger partial charge in [-0.25, -0.2) is 14.4 Å². The lowest BCUT2D eigenvalue weighted by molar-refractivity contribution is -0.214. The van der Waals surface area contributed by atoms with E-state index in [0.717, 1.165) is 18.2 Å². The van der Waals surface area contributed by atoms with Crippen LogP contribution >= 0.6 is 22.6 Å². The second kappa shape index (κ2) is 22.3. The molecule has 0 aromatic heterocycles. The summed E-state index contributed by atoms with van der Waals surface area (Å²) < 4.78 is 36.5. The number of carbonyl (C=O) groups is 6. The molecule has 4 atom stereocenters. The van der Waals surface area contributed by atoms with E-state index in [1.165, 1.54) is 0 Å². The molecule has 0 spiro atoms. The highest BCUT2D eigenvalue weighted by Gasteiger charge is 2.46. The summed E-state index contributed by atoms with van der Waals surface area (Å²) in [6, 6.07) is 0. The SMILES string of the molecule is C=CC(=O)OCCCCC(=O)O[C@H]1[C@H](OC(=O)CCCCOC(=O)C=C)COC(I)[C@@H]1OC(=O)CCCCOC(=O)C=C. The minimum Gasteiger partial charge on any atom is -0.463 e. The van der Waals surface area contributed by atoms with Crippen LogP contribution < -0.4 is 0 Å². The molecule has 1 heterocycles. The van der Waals surface area contributed by atoms with Crippen molar-refractivity contribution in [1.29, 1.82) is 0 Å². The first-order chi connectivity index (χ1) is 20.6. The molecule has 14 heteroatoms. The lowest BCUT2D eigenvalue weighted by Crippen LogP contribution is -2.56. The molecule has 0 aliphatic carbocycles. The van der Waals surface area contributed by atoms with Gasteiger partial charge in [0.1, 0.15) is 4.11 Å². The topological polar surface area (TPSA) is 167 Å². The number of rotatable bonds is 21. The van der Waals surface area contributed by atoms with Crippen LogP contribution in [0.5, 0.6) is 0 Å². The summed E-state index contributed by atoms with van der Waals surface area (Å²) in [6.07, 6.45) is 2.14. The Hall–Kier alpha value is -3.27. The van der Waals surface area contributed by atoms with Crippen LogP contribution in [-0.2, 0) is 61.9 Å². The largest absolute Gasteiger partial charge is 0.463 e. The lowest BCUT2D eigenvalue weighted by Gasteiger charge is -2.39. The summed E-state index contributed by atoms with van der Waals surface area (Å²) in [5, 5.41) is 0. The zero-order valence-electron chi connectivity index (χ0n) is 24.0. The van der Waals surface area contributed by atoms with Gasteiger partial charge in [0.2, 0.25) is 0 Å². The monoisotopic (exact) mass is 722 g/mol. The molecule has 0 aromatic carbocycles. The average Bonchev–Trinajstić information content (AvgIpc) is 2.99. The fourth-order valence-electron chi connectivity index (χ4n) is 3.56. The molecule has 1 saturated heterocycles. The van der Waals surface area contributed by atoms with Crippen molar-refractivity contribution < 1.29 is 61.9 Å². The number of esters is 6. The summed E-state index contributed by atoms with van der Waals surface area (Å²) in [4.78, 5) is 71.3. The van der Waals surface area contributed by atoms with Gasteiger partial charge in [-0.3, -0.25) is 14.4 Å². The van der Waals surface area contributed by atoms with Gasteiger partial charge in [0.15, 0.2) is 18.3 Å². The predicted octanol–water partition coefficient (Wildman–Crippen LogP) is 3.21. The third-order valence-corrected chi connectivity index (χ3v) is 6.81. The zero-order valence-corrected chi connectivity index (χ0v) is 26.2. The van der Waals surface area contributed by atoms with E-state index >= 15 is 0 Å². The molecule has 240 valence electrons. The minimum absolute atomic E-state index is 0.000774. The fraction of sp³-hybridized carbons (Fsp3) is 0.586. The highest BCUT2D eigenvalue weighted by Crippen LogP contribution is 2.29. The Morgan fingerprint density at radius 3 is 1.37 bits per heavy atom. The Bertz CT molecular complexity index is 979. The Kier molecular flexibility index (Phi) is 19.6. The summed E-state index contributed by atoms with van der Waals surface area (Å²) in [7, 11) is 0. The Balaban J connectivity index is 2.77. The maximum atomic E-state index is 12.7. The van der Waals surface area contributed by atoms with Crippen molar-refractivity contribution >= 4 is 58.4 Å². The van der Waals surface area contributed by atoms with Gasteiger partial charge in [-0.05, 0) is 61.1 Å². The minimum atomic E-state index is -1.14. The van der Waals surface area contributed by atoms with Crippen molar-refractivity contribution in [2.45, 2.75) is 80.2 Å². The molecular weight excluding hydrogens is 683 g/mol. The number of halogens is 1. The molecule has 1 rings (SSSR count). The van der Waals surface area contributed by atoms with Crippen LogP contribution in [0, 0.1) is 0 Å². The van der Waals surface area contributed by atoms with Crippen LogP contribution in [-0.4, -0.2) is 84.7 Å². The van der Waals surface area contributed by atoms with E-state index in [1.54, 1.807) is 0 Å². The lowest BCUT2D eigenvalue weighted by atomic mass is 10.1. The van der Waals surface area contributed by atoms with Gasteiger partial charge in [-0.15, -0.1) is 0 Å². The highest BCUT2D eigenvalue weighted by molar-refractivity contribution is 14.1. The summed E-state index contributed by atoms with van der Waals surface area (Å²) >= 11 is 1.91. The standard InChI is InChI=1S/C29H39IO13/c1-4-21(31)37-16-10-7-13-24(34)41-20-19-40-29(30)28(43-26(36)15-9-12-18-39-23(33)6-3)27(20)42-25(35)14-8-11-17-38-22(32)5-2/h4-6,20,27-29H,1-3,7-19H2/t20-,27+,28-,29?/m1/s1. The molecule has 0 aromatic rings. The van der Waals surface area contributed by atoms with Crippen molar-refractivity contribution in [2.75, 3.05) is 26.4 Å². The Morgan fingerprint density at radius 1 is 0.605 bits per heavy atom. The third-order valence-electron chi connectivity index (χ3n) is 5.74. The average molecular weight is 723 g/mol. The number of alkyl halides is 1. The van der Waals surface area contributed by atoms with Crippen LogP contribution in [0.4, 0.5) is 0 Å². The van der Waals surface area contributed by atoms with Crippen LogP contribution in [0.3, 0.4) is 0 Å². The van der Waals surface area contributed by atoms with Crippen molar-refractivity contribution in [1.82, 2.24) is 0 Å². The first kappa shape index (κ1) is 37.8. The summed E-state index contributed by atoms with van der Waals surface area (Å²) in [5.41, 5.74) is 0. The van der Waals surface area contributed by atoms with Gasteiger partial charge >= 0.3 is 35.8 Å². The molecule has 1 fully saturated rings. The van der Waals surface area contributed by atoms with E-state index in [0.29, 0.717) is 38.5 Å². The van der Waals surface area contributed by atoms with E-state index in [9.17, 15) is 28.8 Å². The second-order valence-corrected chi connectivity index (χ2v) is 10.3. The molecular formula is C29H39IO13. The molecule has 1 unspecified atom stereocenters. The van der Waals surface area contributed by atoms with E-state index in [1.807, 2.05) is 22.6 Å². The van der Waals surface area contributed by atoms with Crippen LogP contribution in [0.25, 0.3) is 0 Å². The maximum absolute atomic E-state index is 12.7. The first-order valence-electron chi connectivity index (χ1n) is 13.8. The van der Waals surface area contributed by atoms with Crippen molar-refractivity contribution in [2.24, 2.45) is 0 Å². The van der Waals surface area contributed by atoms with E-state index < -0.39 is 58.2 Å². The van der Waals surface area contributed by atoms with Crippen molar-refractivity contribution in [3.05, 3.63) is 38.0 Å². The smallest absolute Gasteiger partial charge is 0.330 e. The van der Waals surface area contributed by atoms with Crippen LogP contribution in [0.2, 0.25) is 0 Å². The quantitative estimate of drug-likeness (QED) is 0.0424. The normalized spacial score (nSPS) is 19.2. The van der Waals surface area contributed by atoms with Crippen LogP contribution in [0.1, 0.15) is 57.8 Å². The maximum Gasteiger partial charge on any atom is 0.330 e. The van der Waals surface area contributed by atoms with Gasteiger partial charge in [0, 0.05) is 37.5 Å². The first-order valence-corrected chi connectivity index (χ1v) is 15.1. The van der Waals surface area contributed by atoms with Gasteiger partial charge in [0.25, 0.3) is 0 Å². The van der Waals surface area contributed by atoms with E-state index in [4.69, 9.17) is 33.2 Å². The summed E-state index contributed by atoms with van der Waals surface area (Å²) in [5.74, 6) is -3.51. The predicted molar refractivity (Wildman–Crippen MR) is 158 cm³/mol. The molecule has 0 N–H and O–H groups in total. The van der Waals surface area contributed by atoms with E-state index in [2.05, 4.69) is 19.7 Å². The van der Waals surface area contributed by atoms with E-state index in [-0.39, 0.29) is 45.7 Å². The fourth-order valence-corrected chi connectivity index (χ4v) is 4.32. The number of hydrogen-bond acceptors (Lipinski definition) is 13. The van der Waals surface area contributed by atoms with Gasteiger partial charge in [-0.2, -0.15) is 0 Å². The van der Waals surface area contributed by atoms with Crippen molar-refractivity contribution in [3.8, 4) is 0 Å². The number of ether oxygens (including phenoxy) is 7. The second-order valence-electron chi connectivity index (χ2n) is 9.11. The number of unbranched alkanes of at least 4 members (excludes halogenated alkanes) is 3. The zero-order chi connectivity index (χ0) is 32.0. The third kappa shape index (κ3) is 16.8. The molecule has 13 nitrogen and oxygen atoms in total. The van der Waals surface area contributed by atoms with Gasteiger partial charge < -0.3 is 33.2 Å². The van der Waals surface area contributed by atoms with Gasteiger partial charge in [-0.1, -0.05) is 19.7 Å². The number of hydrogen-bond donors (Lipinski definition) is 0. The molecule has 0 bridgehead atoms. The summed E-state index contributed by atoms with van der Waals surface area (Å²) in [6.45, 7) is 10.1. The highest BCUT2D eigenvalue weighted by atomic mass is 127. The molecule has 1 aliphatic rings. The van der Waals surface area contributed by atoms with Crippen LogP contribution in [0.15, 0.2) is 38.0 Å². The Morgan fingerprint density at radius 2 is 0.977 bits per heavy atom. The van der Waals surface area contributed by atoms with Gasteiger partial charge in [0.05, 0.1) is 26.4 Å². The molecule has 0 radical (unpaired) electrons. The van der Waals surface area contributed by atoms with Crippen molar-refractivity contribution in [3.63, 3.8) is 0 Å². The molecule has 0 saturated carbocycles. The number of carbonyl (C=O) groups excluding carboxylic acids is 6. The molecule has 43 heavy (non-hydrogen) atoms. The molecule has 0 amide bonds. The Labute approximate surface area is 264 Å².